The number of rotatable bonds is 8. The lowest BCUT2D eigenvalue weighted by molar-refractivity contribution is 0.0763. The van der Waals surface area contributed by atoms with E-state index in [9.17, 15) is 17.6 Å². The summed E-state index contributed by atoms with van der Waals surface area (Å²) in [6.07, 6.45) is 1.57. The number of benzene rings is 2. The Labute approximate surface area is 201 Å². The number of halogens is 2. The molecule has 0 radical (unpaired) electrons. The summed E-state index contributed by atoms with van der Waals surface area (Å²) < 4.78 is 53.3. The van der Waals surface area contributed by atoms with E-state index in [1.807, 2.05) is 0 Å². The fourth-order valence-corrected chi connectivity index (χ4v) is 5.24. The van der Waals surface area contributed by atoms with Gasteiger partial charge < -0.3 is 14.4 Å². The molecule has 0 spiro atoms. The average Bonchev–Trinajstić information content (AvgIpc) is 3.15. The highest BCUT2D eigenvalue weighted by atomic mass is 35.5. The molecule has 2 heterocycles. The molecule has 0 unspecified atom stereocenters. The summed E-state index contributed by atoms with van der Waals surface area (Å²) >= 11 is 5.87. The predicted octanol–water partition coefficient (Wildman–Crippen LogP) is 3.53. The number of nitrogens with one attached hydrogen (secondary N) is 1. The van der Waals surface area contributed by atoms with Crippen LogP contribution >= 0.6 is 11.6 Å². The summed E-state index contributed by atoms with van der Waals surface area (Å²) in [5.74, 6) is -0.752. The van der Waals surface area contributed by atoms with Gasteiger partial charge in [0.15, 0.2) is 11.5 Å². The lowest BCUT2D eigenvalue weighted by Crippen LogP contribution is -2.25. The van der Waals surface area contributed by atoms with Crippen molar-refractivity contribution in [1.82, 2.24) is 14.6 Å². The Morgan fingerprint density at radius 2 is 1.97 bits per heavy atom. The van der Waals surface area contributed by atoms with Crippen molar-refractivity contribution in [2.45, 2.75) is 24.5 Å². The van der Waals surface area contributed by atoms with Crippen LogP contribution in [0.25, 0.3) is 0 Å². The summed E-state index contributed by atoms with van der Waals surface area (Å²) in [4.78, 5) is 18.8. The zero-order valence-electron chi connectivity index (χ0n) is 18.3. The molecule has 1 amide bonds. The number of amides is 1. The molecule has 8 nitrogen and oxygen atoms in total. The number of nitrogens with zero attached hydrogens (tertiary/aromatic N) is 2. The van der Waals surface area contributed by atoms with Crippen LogP contribution in [0, 0.1) is 5.82 Å². The van der Waals surface area contributed by atoms with Gasteiger partial charge >= 0.3 is 0 Å². The molecule has 11 heteroatoms. The van der Waals surface area contributed by atoms with Crippen LogP contribution in [-0.2, 0) is 29.7 Å². The molecule has 3 aromatic rings. The van der Waals surface area contributed by atoms with E-state index >= 15 is 0 Å². The number of fused-ring (bicyclic) bond motifs is 1. The maximum atomic E-state index is 13.5. The first kappa shape index (κ1) is 23.9. The van der Waals surface area contributed by atoms with Crippen LogP contribution in [0.2, 0.25) is 5.02 Å². The number of methoxy groups -OCH3 is 2. The van der Waals surface area contributed by atoms with Crippen molar-refractivity contribution in [2.75, 3.05) is 14.2 Å². The molecule has 2 aromatic carbocycles. The molecule has 1 N–H and O–H groups in total. The predicted molar refractivity (Wildman–Crippen MR) is 123 cm³/mol. The third kappa shape index (κ3) is 4.56. The molecule has 0 saturated carbocycles. The first-order valence-electron chi connectivity index (χ1n) is 10.2. The van der Waals surface area contributed by atoms with Gasteiger partial charge in [-0.15, -0.1) is 0 Å². The molecule has 1 aliphatic heterocycles. The summed E-state index contributed by atoms with van der Waals surface area (Å²) in [7, 11) is -1.31. The van der Waals surface area contributed by atoms with E-state index in [0.717, 1.165) is 0 Å². The van der Waals surface area contributed by atoms with Crippen molar-refractivity contribution in [3.63, 3.8) is 0 Å². The molecule has 178 valence electrons. The number of carbonyl (C=O) groups is 1. The van der Waals surface area contributed by atoms with E-state index in [0.29, 0.717) is 11.3 Å². The monoisotopic (exact) mass is 505 g/mol. The van der Waals surface area contributed by atoms with Crippen LogP contribution in [0.3, 0.4) is 0 Å². The largest absolute Gasteiger partial charge is 0.493 e. The van der Waals surface area contributed by atoms with Crippen molar-refractivity contribution in [3.05, 3.63) is 81.9 Å². The standard InChI is InChI=1S/C23H21ClFN3O5S/c1-32-19-10-20(34(30,31)27-11-15-5-3-4-8-26-15)16-13-28(23(29)21(16)22(19)33-2)12-14-6-7-18(25)17(24)9-14/h3-10,27H,11-13H2,1-2H3. The highest BCUT2D eigenvalue weighted by molar-refractivity contribution is 7.89. The Kier molecular flexibility index (Phi) is 6.74. The van der Waals surface area contributed by atoms with E-state index in [4.69, 9.17) is 21.1 Å². The van der Waals surface area contributed by atoms with E-state index in [2.05, 4.69) is 9.71 Å². The van der Waals surface area contributed by atoms with Crippen molar-refractivity contribution >= 4 is 27.5 Å². The second kappa shape index (κ2) is 9.57. The van der Waals surface area contributed by atoms with Gasteiger partial charge in [-0.25, -0.2) is 17.5 Å². The van der Waals surface area contributed by atoms with Gasteiger partial charge in [-0.05, 0) is 29.8 Å². The molecule has 1 aromatic heterocycles. The molecule has 0 aliphatic carbocycles. The number of pyridine rings is 1. The van der Waals surface area contributed by atoms with Crippen molar-refractivity contribution in [1.29, 1.82) is 0 Å². The number of ether oxygens (including phenoxy) is 2. The maximum absolute atomic E-state index is 13.5. The number of aromatic nitrogens is 1. The van der Waals surface area contributed by atoms with Crippen LogP contribution in [0.4, 0.5) is 4.39 Å². The third-order valence-corrected chi connectivity index (χ3v) is 7.16. The molecule has 0 fully saturated rings. The molecule has 0 atom stereocenters. The Hall–Kier alpha value is -3.21. The van der Waals surface area contributed by atoms with Gasteiger partial charge in [0.2, 0.25) is 10.0 Å². The Bertz CT molecular complexity index is 1350. The highest BCUT2D eigenvalue weighted by Gasteiger charge is 2.38. The van der Waals surface area contributed by atoms with E-state index in [1.54, 1.807) is 24.4 Å². The minimum absolute atomic E-state index is 0.00332. The summed E-state index contributed by atoms with van der Waals surface area (Å²) in [5, 5.41) is -0.0668. The van der Waals surface area contributed by atoms with Gasteiger partial charge in [0.25, 0.3) is 5.91 Å². The molecular weight excluding hydrogens is 485 g/mol. The third-order valence-electron chi connectivity index (χ3n) is 5.40. The minimum atomic E-state index is -4.05. The van der Waals surface area contributed by atoms with Gasteiger partial charge in [0.05, 0.1) is 41.9 Å². The van der Waals surface area contributed by atoms with Crippen LogP contribution in [0.1, 0.15) is 27.2 Å². The molecular formula is C23H21ClFN3O5S. The van der Waals surface area contributed by atoms with E-state index in [1.165, 1.54) is 43.4 Å². The normalized spacial score (nSPS) is 13.2. The smallest absolute Gasteiger partial charge is 0.258 e. The van der Waals surface area contributed by atoms with Gasteiger partial charge in [-0.2, -0.15) is 0 Å². The van der Waals surface area contributed by atoms with E-state index in [-0.39, 0.29) is 52.2 Å². The van der Waals surface area contributed by atoms with Crippen molar-refractivity contribution in [3.8, 4) is 11.5 Å². The highest BCUT2D eigenvalue weighted by Crippen LogP contribution is 2.42. The number of carbonyl (C=O) groups excluding carboxylic acids is 1. The first-order valence-corrected chi connectivity index (χ1v) is 12.0. The van der Waals surface area contributed by atoms with Gasteiger partial charge in [-0.3, -0.25) is 9.78 Å². The lowest BCUT2D eigenvalue weighted by atomic mass is 10.1. The SMILES string of the molecule is COc1cc(S(=O)(=O)NCc2ccccn2)c2c(c1OC)C(=O)N(Cc1ccc(F)c(Cl)c1)C2. The minimum Gasteiger partial charge on any atom is -0.493 e. The van der Waals surface area contributed by atoms with Crippen LogP contribution in [-0.4, -0.2) is 38.4 Å². The van der Waals surface area contributed by atoms with Gasteiger partial charge in [-0.1, -0.05) is 23.7 Å². The van der Waals surface area contributed by atoms with Crippen LogP contribution in [0.15, 0.2) is 53.6 Å². The Balaban J connectivity index is 1.72. The molecule has 4 rings (SSSR count). The first-order chi connectivity index (χ1) is 16.2. The fraction of sp³-hybridized carbons (Fsp3) is 0.217. The Morgan fingerprint density at radius 3 is 2.62 bits per heavy atom. The zero-order valence-corrected chi connectivity index (χ0v) is 19.9. The summed E-state index contributed by atoms with van der Waals surface area (Å²) in [6, 6.07) is 10.7. The average molecular weight is 506 g/mol. The number of hydrogen-bond donors (Lipinski definition) is 1. The number of sulfonamides is 1. The van der Waals surface area contributed by atoms with Crippen LogP contribution in [0.5, 0.6) is 11.5 Å². The maximum Gasteiger partial charge on any atom is 0.258 e. The molecule has 34 heavy (non-hydrogen) atoms. The quantitative estimate of drug-likeness (QED) is 0.503. The van der Waals surface area contributed by atoms with Crippen LogP contribution < -0.4 is 14.2 Å². The zero-order chi connectivity index (χ0) is 24.5. The second-order valence-electron chi connectivity index (χ2n) is 7.52. The molecule has 0 saturated heterocycles. The van der Waals surface area contributed by atoms with Gasteiger partial charge in [0.1, 0.15) is 5.82 Å². The van der Waals surface area contributed by atoms with Crippen molar-refractivity contribution in [2.24, 2.45) is 0 Å². The lowest BCUT2D eigenvalue weighted by Gasteiger charge is -2.16. The fourth-order valence-electron chi connectivity index (χ4n) is 3.79. The Morgan fingerprint density at radius 1 is 1.18 bits per heavy atom. The second-order valence-corrected chi connectivity index (χ2v) is 9.66. The topological polar surface area (TPSA) is 97.8 Å². The molecule has 1 aliphatic rings. The number of hydrogen-bond acceptors (Lipinski definition) is 6. The van der Waals surface area contributed by atoms with Gasteiger partial charge in [0, 0.05) is 30.9 Å². The van der Waals surface area contributed by atoms with Crippen molar-refractivity contribution < 1.29 is 27.1 Å². The summed E-state index contributed by atoms with van der Waals surface area (Å²) in [5.41, 5.74) is 1.52. The summed E-state index contributed by atoms with van der Waals surface area (Å²) in [6.45, 7) is 0.0706. The molecule has 0 bridgehead atoms. The van der Waals surface area contributed by atoms with E-state index < -0.39 is 21.7 Å².